The number of nitrogens with zero attached hydrogens (tertiary/aromatic N) is 1. The van der Waals surface area contributed by atoms with Crippen LogP contribution in [0.5, 0.6) is 0 Å². The first-order valence-electron chi connectivity index (χ1n) is 4.81. The Morgan fingerprint density at radius 1 is 1.29 bits per heavy atom. The van der Waals surface area contributed by atoms with Gasteiger partial charge >= 0.3 is 0 Å². The van der Waals surface area contributed by atoms with E-state index in [0.29, 0.717) is 0 Å². The summed E-state index contributed by atoms with van der Waals surface area (Å²) in [6.45, 7) is 0. The van der Waals surface area contributed by atoms with E-state index in [4.69, 9.17) is 9.57 Å². The van der Waals surface area contributed by atoms with Crippen molar-refractivity contribution in [2.45, 2.75) is 19.1 Å². The van der Waals surface area contributed by atoms with Gasteiger partial charge < -0.3 is 4.74 Å². The first-order chi connectivity index (χ1) is 6.86. The summed E-state index contributed by atoms with van der Waals surface area (Å²) in [4.78, 5) is 5.33. The van der Waals surface area contributed by atoms with Crippen molar-refractivity contribution in [3.8, 4) is 0 Å². The van der Waals surface area contributed by atoms with Crippen molar-refractivity contribution in [2.24, 2.45) is 0 Å². The Kier molecular flexibility index (Phi) is 2.70. The average molecular weight is 193 g/mol. The minimum atomic E-state index is 0.0369. The Labute approximate surface area is 84.2 Å². The molecule has 1 aliphatic rings. The summed E-state index contributed by atoms with van der Waals surface area (Å²) in [6.07, 6.45) is 2.06. The molecule has 1 atom stereocenters. The summed E-state index contributed by atoms with van der Waals surface area (Å²) in [5.74, 6) is 0. The number of benzene rings is 1. The summed E-state index contributed by atoms with van der Waals surface area (Å²) in [5.41, 5.74) is 2.44. The van der Waals surface area contributed by atoms with Crippen LogP contribution in [0.15, 0.2) is 24.3 Å². The van der Waals surface area contributed by atoms with Crippen molar-refractivity contribution in [1.29, 1.82) is 0 Å². The zero-order valence-electron chi connectivity index (χ0n) is 8.56. The fourth-order valence-corrected chi connectivity index (χ4v) is 1.92. The van der Waals surface area contributed by atoms with Gasteiger partial charge in [0.25, 0.3) is 0 Å². The molecule has 0 fully saturated rings. The predicted molar refractivity (Wildman–Crippen MR) is 55.0 cm³/mol. The molecule has 0 N–H and O–H groups in total. The van der Waals surface area contributed by atoms with Crippen molar-refractivity contribution in [1.82, 2.24) is 0 Å². The van der Waals surface area contributed by atoms with Gasteiger partial charge in [0.2, 0.25) is 0 Å². The van der Waals surface area contributed by atoms with Gasteiger partial charge in [0.1, 0.15) is 0 Å². The van der Waals surface area contributed by atoms with Gasteiger partial charge in [-0.05, 0) is 24.5 Å². The molecule has 0 spiro atoms. The van der Waals surface area contributed by atoms with E-state index in [1.54, 1.807) is 14.2 Å². The standard InChI is InChI=1S/C11H15NO2/c1-13-11-8-7-9-5-3-4-6-10(9)12(11)14-2/h3-6,11H,7-8H2,1-2H3. The van der Waals surface area contributed by atoms with Crippen molar-refractivity contribution < 1.29 is 9.57 Å². The van der Waals surface area contributed by atoms with Crippen LogP contribution in [0.2, 0.25) is 0 Å². The number of hydrogen-bond acceptors (Lipinski definition) is 3. The second-order valence-electron chi connectivity index (χ2n) is 3.37. The Hall–Kier alpha value is -1.06. The fraction of sp³-hybridized carbons (Fsp3) is 0.455. The molecule has 0 bridgehead atoms. The normalized spacial score (nSPS) is 20.7. The fourth-order valence-electron chi connectivity index (χ4n) is 1.92. The van der Waals surface area contributed by atoms with E-state index in [1.807, 2.05) is 11.1 Å². The lowest BCUT2D eigenvalue weighted by Crippen LogP contribution is -2.39. The van der Waals surface area contributed by atoms with Crippen molar-refractivity contribution in [2.75, 3.05) is 19.3 Å². The molecule has 3 nitrogen and oxygen atoms in total. The number of rotatable bonds is 2. The van der Waals surface area contributed by atoms with E-state index in [9.17, 15) is 0 Å². The van der Waals surface area contributed by atoms with E-state index in [2.05, 4.69) is 18.2 Å². The molecule has 0 saturated heterocycles. The number of hydrogen-bond donors (Lipinski definition) is 0. The molecule has 3 heteroatoms. The molecule has 1 aromatic rings. The molecule has 14 heavy (non-hydrogen) atoms. The summed E-state index contributed by atoms with van der Waals surface area (Å²) in [6, 6.07) is 8.26. The third-order valence-corrected chi connectivity index (χ3v) is 2.62. The Balaban J connectivity index is 2.34. The third kappa shape index (κ3) is 1.49. The lowest BCUT2D eigenvalue weighted by molar-refractivity contribution is -0.00512. The SMILES string of the molecule is COC1CCc2ccccc2N1OC. The zero-order chi connectivity index (χ0) is 9.97. The van der Waals surface area contributed by atoms with Crippen LogP contribution in [0.4, 0.5) is 5.69 Å². The van der Waals surface area contributed by atoms with Crippen LogP contribution in [-0.4, -0.2) is 20.4 Å². The molecule has 76 valence electrons. The molecule has 1 aromatic carbocycles. The minimum absolute atomic E-state index is 0.0369. The number of fused-ring (bicyclic) bond motifs is 1. The summed E-state index contributed by atoms with van der Waals surface area (Å²) < 4.78 is 5.35. The van der Waals surface area contributed by atoms with Crippen LogP contribution < -0.4 is 5.06 Å². The Bertz CT molecular complexity index is 314. The highest BCUT2D eigenvalue weighted by atomic mass is 16.7. The van der Waals surface area contributed by atoms with Gasteiger partial charge in [0.05, 0.1) is 12.8 Å². The number of para-hydroxylation sites is 1. The summed E-state index contributed by atoms with van der Waals surface area (Å²) in [5, 5.41) is 1.83. The lowest BCUT2D eigenvalue weighted by Gasteiger charge is -2.35. The van der Waals surface area contributed by atoms with Crippen LogP contribution in [-0.2, 0) is 16.0 Å². The van der Waals surface area contributed by atoms with E-state index in [1.165, 1.54) is 5.56 Å². The van der Waals surface area contributed by atoms with Gasteiger partial charge in [0.15, 0.2) is 6.23 Å². The summed E-state index contributed by atoms with van der Waals surface area (Å²) in [7, 11) is 3.39. The maximum absolute atomic E-state index is 5.35. The molecule has 1 unspecified atom stereocenters. The molecule has 1 aliphatic heterocycles. The van der Waals surface area contributed by atoms with Crippen molar-refractivity contribution in [3.63, 3.8) is 0 Å². The highest BCUT2D eigenvalue weighted by Gasteiger charge is 2.25. The molecular formula is C11H15NO2. The molecule has 1 heterocycles. The van der Waals surface area contributed by atoms with Gasteiger partial charge in [-0.1, -0.05) is 18.2 Å². The second-order valence-corrected chi connectivity index (χ2v) is 3.37. The van der Waals surface area contributed by atoms with Crippen molar-refractivity contribution >= 4 is 5.69 Å². The second kappa shape index (κ2) is 3.98. The van der Waals surface area contributed by atoms with E-state index in [0.717, 1.165) is 18.5 Å². The topological polar surface area (TPSA) is 21.7 Å². The molecule has 0 aliphatic carbocycles. The Morgan fingerprint density at radius 3 is 2.79 bits per heavy atom. The van der Waals surface area contributed by atoms with E-state index in [-0.39, 0.29) is 6.23 Å². The van der Waals surface area contributed by atoms with Crippen LogP contribution in [0, 0.1) is 0 Å². The molecule has 0 aromatic heterocycles. The number of methoxy groups -OCH3 is 1. The first-order valence-corrected chi connectivity index (χ1v) is 4.81. The predicted octanol–water partition coefficient (Wildman–Crippen LogP) is 1.97. The van der Waals surface area contributed by atoms with E-state index < -0.39 is 0 Å². The van der Waals surface area contributed by atoms with Gasteiger partial charge in [-0.25, -0.2) is 5.06 Å². The molecule has 2 rings (SSSR count). The molecule has 0 amide bonds. The maximum Gasteiger partial charge on any atom is 0.154 e. The van der Waals surface area contributed by atoms with Gasteiger partial charge in [-0.15, -0.1) is 0 Å². The van der Waals surface area contributed by atoms with Crippen LogP contribution >= 0.6 is 0 Å². The number of ether oxygens (including phenoxy) is 1. The lowest BCUT2D eigenvalue weighted by atomic mass is 10.0. The molecule has 0 radical (unpaired) electrons. The number of anilines is 1. The largest absolute Gasteiger partial charge is 0.359 e. The van der Waals surface area contributed by atoms with Crippen LogP contribution in [0.3, 0.4) is 0 Å². The monoisotopic (exact) mass is 193 g/mol. The summed E-state index contributed by atoms with van der Waals surface area (Å²) >= 11 is 0. The van der Waals surface area contributed by atoms with Gasteiger partial charge in [-0.2, -0.15) is 0 Å². The highest BCUT2D eigenvalue weighted by Crippen LogP contribution is 2.30. The number of hydroxylamine groups is 1. The van der Waals surface area contributed by atoms with E-state index >= 15 is 0 Å². The van der Waals surface area contributed by atoms with Gasteiger partial charge in [-0.3, -0.25) is 4.84 Å². The first kappa shape index (κ1) is 9.49. The van der Waals surface area contributed by atoms with Gasteiger partial charge in [0, 0.05) is 7.11 Å². The minimum Gasteiger partial charge on any atom is -0.359 e. The average Bonchev–Trinajstić information content (AvgIpc) is 2.27. The molecule has 0 saturated carbocycles. The zero-order valence-corrected chi connectivity index (χ0v) is 8.56. The Morgan fingerprint density at radius 2 is 2.07 bits per heavy atom. The van der Waals surface area contributed by atoms with Crippen LogP contribution in [0.1, 0.15) is 12.0 Å². The smallest absolute Gasteiger partial charge is 0.154 e. The third-order valence-electron chi connectivity index (χ3n) is 2.62. The molecular weight excluding hydrogens is 178 g/mol. The number of aryl methyl sites for hydroxylation is 1. The van der Waals surface area contributed by atoms with Crippen LogP contribution in [0.25, 0.3) is 0 Å². The highest BCUT2D eigenvalue weighted by molar-refractivity contribution is 5.53. The van der Waals surface area contributed by atoms with Crippen molar-refractivity contribution in [3.05, 3.63) is 29.8 Å². The quantitative estimate of drug-likeness (QED) is 0.716. The maximum atomic E-state index is 5.35.